The molecule has 7 heteroatoms. The monoisotopic (exact) mass is 326 g/mol. The summed E-state index contributed by atoms with van der Waals surface area (Å²) in [5, 5.41) is -0.0846. The zero-order chi connectivity index (χ0) is 15.7. The average molecular weight is 326 g/mol. The summed E-state index contributed by atoms with van der Waals surface area (Å²) in [6, 6.07) is 0. The van der Waals surface area contributed by atoms with Crippen LogP contribution in [-0.2, 0) is 16.6 Å². The summed E-state index contributed by atoms with van der Waals surface area (Å²) in [6.07, 6.45) is 5.58. The van der Waals surface area contributed by atoms with Crippen LogP contribution in [0.2, 0.25) is 0 Å². The topological polar surface area (TPSA) is 58.4 Å². The fraction of sp³-hybridized carbons (Fsp3) is 0.800. The molecular formula is C15H26N4O2S. The molecule has 0 N–H and O–H groups in total. The highest BCUT2D eigenvalue weighted by Gasteiger charge is 2.40. The molecule has 1 saturated carbocycles. The Morgan fingerprint density at radius 1 is 1.18 bits per heavy atom. The van der Waals surface area contributed by atoms with Crippen molar-refractivity contribution in [3.63, 3.8) is 0 Å². The Balaban J connectivity index is 1.49. The van der Waals surface area contributed by atoms with E-state index in [1.807, 2.05) is 12.4 Å². The van der Waals surface area contributed by atoms with E-state index in [1.54, 1.807) is 4.31 Å². The molecule has 0 aromatic carbocycles. The van der Waals surface area contributed by atoms with Crippen LogP contribution in [0.3, 0.4) is 0 Å². The maximum atomic E-state index is 12.2. The molecule has 2 heterocycles. The molecule has 6 nitrogen and oxygen atoms in total. The van der Waals surface area contributed by atoms with Crippen molar-refractivity contribution in [2.75, 3.05) is 32.7 Å². The van der Waals surface area contributed by atoms with Crippen LogP contribution in [0, 0.1) is 0 Å². The van der Waals surface area contributed by atoms with E-state index < -0.39 is 10.0 Å². The first kappa shape index (κ1) is 16.0. The fourth-order valence-corrected chi connectivity index (χ4v) is 4.87. The lowest BCUT2D eigenvalue weighted by atomic mass is 10.2. The van der Waals surface area contributed by atoms with Gasteiger partial charge in [-0.25, -0.2) is 13.4 Å². The van der Waals surface area contributed by atoms with Gasteiger partial charge in [0.05, 0.1) is 5.25 Å². The third-order valence-corrected chi connectivity index (χ3v) is 6.96. The Hall–Kier alpha value is -0.920. The normalized spacial score (nSPS) is 21.6. The van der Waals surface area contributed by atoms with Crippen LogP contribution in [0.5, 0.6) is 0 Å². The van der Waals surface area contributed by atoms with Crippen LogP contribution < -0.4 is 0 Å². The molecule has 1 aliphatic heterocycles. The molecule has 1 aromatic rings. The number of nitrogens with zero attached hydrogens (tertiary/aromatic N) is 4. The Morgan fingerprint density at radius 3 is 2.45 bits per heavy atom. The second kappa shape index (κ2) is 6.29. The summed E-state index contributed by atoms with van der Waals surface area (Å²) in [5.74, 6) is 1.55. The van der Waals surface area contributed by atoms with Crippen molar-refractivity contribution >= 4 is 10.0 Å². The van der Waals surface area contributed by atoms with Gasteiger partial charge in [0, 0.05) is 57.6 Å². The van der Waals surface area contributed by atoms with Crippen molar-refractivity contribution in [2.45, 2.75) is 44.4 Å². The van der Waals surface area contributed by atoms with E-state index >= 15 is 0 Å². The van der Waals surface area contributed by atoms with E-state index in [0.29, 0.717) is 19.0 Å². The Bertz CT molecular complexity index is 599. The highest BCUT2D eigenvalue weighted by atomic mass is 32.2. The number of hydrogen-bond donors (Lipinski definition) is 0. The van der Waals surface area contributed by atoms with Crippen LogP contribution in [0.4, 0.5) is 0 Å². The standard InChI is InChI=1S/C15H26N4O2S/c1-13(2)15-16-5-6-18(15)10-7-17-8-11-19(12-9-17)22(20,21)14-3-4-14/h5-6,13-14H,3-4,7-12H2,1-2H3. The number of hydrogen-bond acceptors (Lipinski definition) is 4. The van der Waals surface area contributed by atoms with Crippen molar-refractivity contribution in [1.82, 2.24) is 18.8 Å². The Labute approximate surface area is 133 Å². The third-order valence-electron chi connectivity index (χ3n) is 4.56. The summed E-state index contributed by atoms with van der Waals surface area (Å²) >= 11 is 0. The summed E-state index contributed by atoms with van der Waals surface area (Å²) < 4.78 is 28.3. The third kappa shape index (κ3) is 3.36. The first-order chi connectivity index (χ1) is 10.5. The molecule has 0 radical (unpaired) electrons. The number of aromatic nitrogens is 2. The van der Waals surface area contributed by atoms with E-state index in [1.165, 1.54) is 0 Å². The molecule has 0 spiro atoms. The van der Waals surface area contributed by atoms with Crippen molar-refractivity contribution in [2.24, 2.45) is 0 Å². The number of imidazole rings is 1. The average Bonchev–Trinajstić information content (AvgIpc) is 3.25. The van der Waals surface area contributed by atoms with E-state index in [9.17, 15) is 8.42 Å². The second-order valence-corrected chi connectivity index (χ2v) is 8.83. The minimum Gasteiger partial charge on any atom is -0.333 e. The zero-order valence-corrected chi connectivity index (χ0v) is 14.3. The first-order valence-electron chi connectivity index (χ1n) is 8.21. The minimum absolute atomic E-state index is 0.0846. The lowest BCUT2D eigenvalue weighted by molar-refractivity contribution is 0.182. The quantitative estimate of drug-likeness (QED) is 0.786. The largest absolute Gasteiger partial charge is 0.333 e. The van der Waals surface area contributed by atoms with Crippen molar-refractivity contribution in [3.8, 4) is 0 Å². The van der Waals surface area contributed by atoms with Crippen LogP contribution in [0.15, 0.2) is 12.4 Å². The van der Waals surface area contributed by atoms with Crippen molar-refractivity contribution in [3.05, 3.63) is 18.2 Å². The zero-order valence-electron chi connectivity index (χ0n) is 13.5. The highest BCUT2D eigenvalue weighted by Crippen LogP contribution is 2.31. The molecule has 2 aliphatic rings. The van der Waals surface area contributed by atoms with Gasteiger partial charge >= 0.3 is 0 Å². The van der Waals surface area contributed by atoms with Gasteiger partial charge in [-0.3, -0.25) is 4.90 Å². The van der Waals surface area contributed by atoms with Crippen LogP contribution in [0.1, 0.15) is 38.4 Å². The van der Waals surface area contributed by atoms with Gasteiger partial charge in [0.15, 0.2) is 0 Å². The predicted molar refractivity (Wildman–Crippen MR) is 86.3 cm³/mol. The van der Waals surface area contributed by atoms with Crippen molar-refractivity contribution < 1.29 is 8.42 Å². The number of rotatable bonds is 6. The Morgan fingerprint density at radius 2 is 1.86 bits per heavy atom. The maximum absolute atomic E-state index is 12.2. The molecule has 3 rings (SSSR count). The number of piperazine rings is 1. The van der Waals surface area contributed by atoms with E-state index in [4.69, 9.17) is 0 Å². The molecule has 1 aliphatic carbocycles. The van der Waals surface area contributed by atoms with Crippen molar-refractivity contribution in [1.29, 1.82) is 0 Å². The summed E-state index contributed by atoms with van der Waals surface area (Å²) in [7, 11) is -3.00. The lowest BCUT2D eigenvalue weighted by Gasteiger charge is -2.34. The molecule has 22 heavy (non-hydrogen) atoms. The van der Waals surface area contributed by atoms with E-state index in [2.05, 4.69) is 28.3 Å². The first-order valence-corrected chi connectivity index (χ1v) is 9.71. The molecule has 2 fully saturated rings. The molecule has 1 saturated heterocycles. The van der Waals surface area contributed by atoms with Gasteiger partial charge in [-0.2, -0.15) is 4.31 Å². The lowest BCUT2D eigenvalue weighted by Crippen LogP contribution is -2.50. The molecule has 1 aromatic heterocycles. The number of sulfonamides is 1. The molecule has 0 unspecified atom stereocenters. The van der Waals surface area contributed by atoms with Crippen LogP contribution in [0.25, 0.3) is 0 Å². The van der Waals surface area contributed by atoms with Crippen LogP contribution >= 0.6 is 0 Å². The predicted octanol–water partition coefficient (Wildman–Crippen LogP) is 1.12. The van der Waals surface area contributed by atoms with Gasteiger partial charge in [-0.1, -0.05) is 13.8 Å². The fourth-order valence-electron chi connectivity index (χ4n) is 3.04. The van der Waals surface area contributed by atoms with Gasteiger partial charge in [0.1, 0.15) is 5.82 Å². The molecular weight excluding hydrogens is 300 g/mol. The molecule has 0 atom stereocenters. The highest BCUT2D eigenvalue weighted by molar-refractivity contribution is 7.90. The SMILES string of the molecule is CC(C)c1nccn1CCN1CCN(S(=O)(=O)C2CC2)CC1. The van der Waals surface area contributed by atoms with Gasteiger partial charge in [0.25, 0.3) is 0 Å². The van der Waals surface area contributed by atoms with Gasteiger partial charge < -0.3 is 4.57 Å². The summed E-state index contributed by atoms with van der Waals surface area (Å²) in [6.45, 7) is 9.12. The summed E-state index contributed by atoms with van der Waals surface area (Å²) in [5.41, 5.74) is 0. The maximum Gasteiger partial charge on any atom is 0.217 e. The van der Waals surface area contributed by atoms with Gasteiger partial charge in [0.2, 0.25) is 10.0 Å². The smallest absolute Gasteiger partial charge is 0.217 e. The van der Waals surface area contributed by atoms with Gasteiger partial charge in [-0.05, 0) is 12.8 Å². The van der Waals surface area contributed by atoms with Crippen LogP contribution in [-0.4, -0.2) is 65.1 Å². The summed E-state index contributed by atoms with van der Waals surface area (Å²) in [4.78, 5) is 6.76. The Kier molecular flexibility index (Phi) is 4.56. The van der Waals surface area contributed by atoms with E-state index in [0.717, 1.165) is 44.8 Å². The molecule has 0 bridgehead atoms. The van der Waals surface area contributed by atoms with Gasteiger partial charge in [-0.15, -0.1) is 0 Å². The molecule has 124 valence electrons. The second-order valence-electron chi connectivity index (χ2n) is 6.62. The molecule has 0 amide bonds. The minimum atomic E-state index is -3.00. The van der Waals surface area contributed by atoms with E-state index in [-0.39, 0.29) is 5.25 Å².